The van der Waals surface area contributed by atoms with Crippen LogP contribution in [0.15, 0.2) is 29.2 Å². The lowest BCUT2D eigenvalue weighted by Crippen LogP contribution is -2.32. The van der Waals surface area contributed by atoms with E-state index >= 15 is 0 Å². The molecule has 108 valence electrons. The number of amides is 1. The van der Waals surface area contributed by atoms with Crippen LogP contribution in [0.1, 0.15) is 6.42 Å². The number of nitrogens with zero attached hydrogens (tertiary/aromatic N) is 1. The Morgan fingerprint density at radius 3 is 2.55 bits per heavy atom. The topological polar surface area (TPSA) is 32.3 Å². The van der Waals surface area contributed by atoms with E-state index in [1.807, 2.05) is 24.3 Å². The fraction of sp³-hybridized carbons (Fsp3) is 0.533. The second-order valence-electron chi connectivity index (χ2n) is 5.53. The Kier molecular flexibility index (Phi) is 4.54. The zero-order chi connectivity index (χ0) is 13.9. The molecule has 0 unspecified atom stereocenters. The van der Waals surface area contributed by atoms with Crippen LogP contribution in [0.2, 0.25) is 5.02 Å². The minimum Gasteiger partial charge on any atom is -0.342 e. The Labute approximate surface area is 129 Å². The first kappa shape index (κ1) is 14.2. The van der Waals surface area contributed by atoms with Gasteiger partial charge in [-0.05, 0) is 36.1 Å². The van der Waals surface area contributed by atoms with Crippen LogP contribution < -0.4 is 5.32 Å². The molecule has 1 amide bonds. The van der Waals surface area contributed by atoms with Crippen molar-refractivity contribution >= 4 is 29.3 Å². The molecule has 1 aromatic rings. The smallest absolute Gasteiger partial charge is 0.223 e. The molecular formula is C15H19ClN2OS. The van der Waals surface area contributed by atoms with Gasteiger partial charge in [0, 0.05) is 48.3 Å². The molecule has 0 saturated carbocycles. The molecule has 2 fully saturated rings. The highest BCUT2D eigenvalue weighted by molar-refractivity contribution is 7.99. The van der Waals surface area contributed by atoms with E-state index in [0.29, 0.717) is 24.2 Å². The van der Waals surface area contributed by atoms with Crippen molar-refractivity contribution in [1.29, 1.82) is 0 Å². The average molecular weight is 311 g/mol. The number of benzene rings is 1. The van der Waals surface area contributed by atoms with Crippen molar-refractivity contribution in [3.63, 3.8) is 0 Å². The minimum atomic E-state index is 0.306. The number of carbonyl (C=O) groups is 1. The first-order valence-corrected chi connectivity index (χ1v) is 8.45. The maximum atomic E-state index is 12.2. The molecule has 2 heterocycles. The van der Waals surface area contributed by atoms with Gasteiger partial charge in [-0.15, -0.1) is 11.8 Å². The lowest BCUT2D eigenvalue weighted by Gasteiger charge is -2.17. The van der Waals surface area contributed by atoms with Crippen LogP contribution in [0.4, 0.5) is 0 Å². The normalized spacial score (nSPS) is 24.9. The summed E-state index contributed by atoms with van der Waals surface area (Å²) in [5.41, 5.74) is 0. The lowest BCUT2D eigenvalue weighted by molar-refractivity contribution is -0.129. The number of thioether (sulfide) groups is 1. The first-order chi connectivity index (χ1) is 9.72. The summed E-state index contributed by atoms with van der Waals surface area (Å²) in [6.45, 7) is 4.05. The fourth-order valence-electron chi connectivity index (χ4n) is 3.00. The van der Waals surface area contributed by atoms with Crippen molar-refractivity contribution in [1.82, 2.24) is 10.2 Å². The second-order valence-corrected chi connectivity index (χ2v) is 7.13. The van der Waals surface area contributed by atoms with E-state index in [2.05, 4.69) is 10.2 Å². The van der Waals surface area contributed by atoms with Gasteiger partial charge in [0.25, 0.3) is 0 Å². The van der Waals surface area contributed by atoms with Gasteiger partial charge in [-0.3, -0.25) is 4.79 Å². The van der Waals surface area contributed by atoms with Gasteiger partial charge in [-0.2, -0.15) is 0 Å². The van der Waals surface area contributed by atoms with Gasteiger partial charge in [0.2, 0.25) is 5.91 Å². The van der Waals surface area contributed by atoms with E-state index in [1.54, 1.807) is 11.8 Å². The first-order valence-electron chi connectivity index (χ1n) is 7.09. The Bertz CT molecular complexity index is 467. The van der Waals surface area contributed by atoms with Gasteiger partial charge in [-0.25, -0.2) is 0 Å². The van der Waals surface area contributed by atoms with E-state index in [-0.39, 0.29) is 0 Å². The standard InChI is InChI=1S/C15H19ClN2OS/c16-13-1-3-14(4-2-13)20-6-5-15(19)18-9-11-7-17-8-12(11)10-18/h1-4,11-12,17H,5-10H2/t11-,12+. The highest BCUT2D eigenvalue weighted by Gasteiger charge is 2.37. The molecule has 2 aliphatic heterocycles. The number of fused-ring (bicyclic) bond motifs is 1. The predicted molar refractivity (Wildman–Crippen MR) is 83.2 cm³/mol. The van der Waals surface area contributed by atoms with Crippen LogP contribution in [-0.2, 0) is 4.79 Å². The van der Waals surface area contributed by atoms with Gasteiger partial charge in [-0.1, -0.05) is 11.6 Å². The molecule has 0 radical (unpaired) electrons. The number of hydrogen-bond acceptors (Lipinski definition) is 3. The minimum absolute atomic E-state index is 0.306. The van der Waals surface area contributed by atoms with Crippen LogP contribution in [0.25, 0.3) is 0 Å². The molecule has 0 bridgehead atoms. The summed E-state index contributed by atoms with van der Waals surface area (Å²) >= 11 is 7.57. The van der Waals surface area contributed by atoms with Crippen molar-refractivity contribution in [3.05, 3.63) is 29.3 Å². The van der Waals surface area contributed by atoms with E-state index in [0.717, 1.165) is 37.0 Å². The van der Waals surface area contributed by atoms with Gasteiger partial charge >= 0.3 is 0 Å². The quantitative estimate of drug-likeness (QED) is 0.867. The SMILES string of the molecule is O=C(CCSc1ccc(Cl)cc1)N1C[C@H]2CNC[C@H]2C1. The molecule has 2 saturated heterocycles. The van der Waals surface area contributed by atoms with Gasteiger partial charge in [0.05, 0.1) is 0 Å². The molecular weight excluding hydrogens is 292 g/mol. The van der Waals surface area contributed by atoms with E-state index in [1.165, 1.54) is 4.90 Å². The lowest BCUT2D eigenvalue weighted by atomic mass is 10.0. The molecule has 0 aromatic heterocycles. The van der Waals surface area contributed by atoms with E-state index in [9.17, 15) is 4.79 Å². The van der Waals surface area contributed by atoms with Crippen molar-refractivity contribution in [2.75, 3.05) is 31.9 Å². The Morgan fingerprint density at radius 2 is 1.90 bits per heavy atom. The summed E-state index contributed by atoms with van der Waals surface area (Å²) in [6, 6.07) is 7.79. The van der Waals surface area contributed by atoms with Crippen molar-refractivity contribution in [2.45, 2.75) is 11.3 Å². The number of carbonyl (C=O) groups excluding carboxylic acids is 1. The molecule has 0 aliphatic carbocycles. The van der Waals surface area contributed by atoms with Gasteiger partial charge < -0.3 is 10.2 Å². The molecule has 0 spiro atoms. The predicted octanol–water partition coefficient (Wildman–Crippen LogP) is 2.50. The monoisotopic (exact) mass is 310 g/mol. The number of nitrogens with one attached hydrogen (secondary N) is 1. The van der Waals surface area contributed by atoms with Crippen molar-refractivity contribution in [2.24, 2.45) is 11.8 Å². The van der Waals surface area contributed by atoms with E-state index < -0.39 is 0 Å². The third-order valence-corrected chi connectivity index (χ3v) is 5.41. The summed E-state index contributed by atoms with van der Waals surface area (Å²) in [5, 5.41) is 4.15. The van der Waals surface area contributed by atoms with Crippen molar-refractivity contribution in [3.8, 4) is 0 Å². The highest BCUT2D eigenvalue weighted by Crippen LogP contribution is 2.27. The number of hydrogen-bond donors (Lipinski definition) is 1. The molecule has 2 aliphatic rings. The van der Waals surface area contributed by atoms with Crippen LogP contribution in [0.3, 0.4) is 0 Å². The number of likely N-dealkylation sites (tertiary alicyclic amines) is 1. The Hall–Kier alpha value is -0.710. The maximum Gasteiger partial charge on any atom is 0.223 e. The molecule has 1 N–H and O–H groups in total. The largest absolute Gasteiger partial charge is 0.342 e. The van der Waals surface area contributed by atoms with Gasteiger partial charge in [0.15, 0.2) is 0 Å². The van der Waals surface area contributed by atoms with Gasteiger partial charge in [0.1, 0.15) is 0 Å². The van der Waals surface area contributed by atoms with Crippen LogP contribution in [0, 0.1) is 11.8 Å². The fourth-order valence-corrected chi connectivity index (χ4v) is 3.97. The summed E-state index contributed by atoms with van der Waals surface area (Å²) in [6.07, 6.45) is 0.625. The average Bonchev–Trinajstić information content (AvgIpc) is 3.02. The summed E-state index contributed by atoms with van der Waals surface area (Å²) < 4.78 is 0. The third-order valence-electron chi connectivity index (χ3n) is 4.14. The molecule has 2 atom stereocenters. The molecule has 1 aromatic carbocycles. The Morgan fingerprint density at radius 1 is 1.25 bits per heavy atom. The number of halogens is 1. The van der Waals surface area contributed by atoms with Crippen LogP contribution in [-0.4, -0.2) is 42.7 Å². The molecule has 20 heavy (non-hydrogen) atoms. The summed E-state index contributed by atoms with van der Waals surface area (Å²) in [7, 11) is 0. The summed E-state index contributed by atoms with van der Waals surface area (Å²) in [4.78, 5) is 15.4. The maximum absolute atomic E-state index is 12.2. The third kappa shape index (κ3) is 3.30. The summed E-state index contributed by atoms with van der Waals surface area (Å²) in [5.74, 6) is 2.51. The molecule has 5 heteroatoms. The van der Waals surface area contributed by atoms with E-state index in [4.69, 9.17) is 11.6 Å². The second kappa shape index (κ2) is 6.37. The molecule has 3 nitrogen and oxygen atoms in total. The van der Waals surface area contributed by atoms with Crippen LogP contribution >= 0.6 is 23.4 Å². The number of rotatable bonds is 4. The zero-order valence-electron chi connectivity index (χ0n) is 11.3. The van der Waals surface area contributed by atoms with Crippen LogP contribution in [0.5, 0.6) is 0 Å². The van der Waals surface area contributed by atoms with Crippen molar-refractivity contribution < 1.29 is 4.79 Å². The zero-order valence-corrected chi connectivity index (χ0v) is 12.9. The Balaban J connectivity index is 1.42. The molecule has 3 rings (SSSR count). The highest BCUT2D eigenvalue weighted by atomic mass is 35.5.